The number of carbonyl (C=O) groups is 1. The van der Waals surface area contributed by atoms with E-state index in [0.29, 0.717) is 18.0 Å². The summed E-state index contributed by atoms with van der Waals surface area (Å²) >= 11 is 0. The number of hydrogen-bond acceptors (Lipinski definition) is 3. The highest BCUT2D eigenvalue weighted by Gasteiger charge is 2.51. The van der Waals surface area contributed by atoms with Crippen molar-refractivity contribution in [1.29, 1.82) is 0 Å². The second kappa shape index (κ2) is 4.76. The predicted octanol–water partition coefficient (Wildman–Crippen LogP) is 1.21. The monoisotopic (exact) mass is 262 g/mol. The van der Waals surface area contributed by atoms with Crippen LogP contribution in [0.4, 0.5) is 0 Å². The molecule has 5 atom stereocenters. The maximum absolute atomic E-state index is 11.7. The zero-order valence-corrected chi connectivity index (χ0v) is 11.6. The van der Waals surface area contributed by atoms with Gasteiger partial charge in [0.2, 0.25) is 0 Å². The molecule has 2 saturated heterocycles. The Morgan fingerprint density at radius 2 is 2.11 bits per heavy atom. The number of likely N-dealkylation sites (N-methyl/N-ethyl adjacent to an activating group) is 1. The van der Waals surface area contributed by atoms with Gasteiger partial charge in [-0.05, 0) is 19.4 Å². The number of piperazine rings is 1. The number of likely N-dealkylation sites (tertiary alicyclic amines) is 2. The van der Waals surface area contributed by atoms with Crippen LogP contribution in [0.5, 0.6) is 0 Å². The molecule has 0 aromatic heterocycles. The van der Waals surface area contributed by atoms with E-state index in [2.05, 4.69) is 35.9 Å². The summed E-state index contributed by atoms with van der Waals surface area (Å²) in [6.07, 6.45) is 8.95. The van der Waals surface area contributed by atoms with Crippen molar-refractivity contribution in [3.8, 4) is 0 Å². The minimum atomic E-state index is -0.674. The minimum Gasteiger partial charge on any atom is -0.480 e. The van der Waals surface area contributed by atoms with Crippen molar-refractivity contribution in [1.82, 2.24) is 9.80 Å². The van der Waals surface area contributed by atoms with Crippen molar-refractivity contribution >= 4 is 5.97 Å². The summed E-state index contributed by atoms with van der Waals surface area (Å²) < 4.78 is 0. The first-order chi connectivity index (χ1) is 9.09. The van der Waals surface area contributed by atoms with Crippen LogP contribution in [0.3, 0.4) is 0 Å². The molecule has 3 rings (SSSR count). The largest absolute Gasteiger partial charge is 0.480 e. The molecule has 0 spiro atoms. The third kappa shape index (κ3) is 2.03. The standard InChI is InChI=1S/C15H22N2O2/c1-10-12-9-17(13(10)8-16(12)2)14(15(18)19)11-6-4-3-5-7-11/h3-6,10-14H,7-9H2,1-2H3,(H,18,19)/t10-,11+,12-,13?,14?/m0/s1. The quantitative estimate of drug-likeness (QED) is 0.830. The fourth-order valence-electron chi connectivity index (χ4n) is 4.04. The third-order valence-electron chi connectivity index (χ3n) is 5.11. The first-order valence-electron chi connectivity index (χ1n) is 7.11. The smallest absolute Gasteiger partial charge is 0.321 e. The number of aliphatic carboxylic acids is 1. The Kier molecular flexibility index (Phi) is 3.23. The molecule has 0 aromatic carbocycles. The molecule has 2 heterocycles. The van der Waals surface area contributed by atoms with Gasteiger partial charge in [0, 0.05) is 31.1 Å². The van der Waals surface area contributed by atoms with Gasteiger partial charge in [0.25, 0.3) is 0 Å². The summed E-state index contributed by atoms with van der Waals surface area (Å²) in [6.45, 7) is 4.16. The van der Waals surface area contributed by atoms with Crippen LogP contribution in [-0.2, 0) is 4.79 Å². The molecular formula is C15H22N2O2. The van der Waals surface area contributed by atoms with Gasteiger partial charge >= 0.3 is 5.97 Å². The molecule has 1 aliphatic carbocycles. The fraction of sp³-hybridized carbons (Fsp3) is 0.667. The molecule has 3 aliphatic rings. The third-order valence-corrected chi connectivity index (χ3v) is 5.11. The summed E-state index contributed by atoms with van der Waals surface area (Å²) in [4.78, 5) is 16.4. The zero-order valence-electron chi connectivity index (χ0n) is 11.6. The summed E-state index contributed by atoms with van der Waals surface area (Å²) in [5.74, 6) is 0.0154. The van der Waals surface area contributed by atoms with Crippen LogP contribution in [0, 0.1) is 11.8 Å². The van der Waals surface area contributed by atoms with Gasteiger partial charge in [-0.15, -0.1) is 0 Å². The van der Waals surface area contributed by atoms with Crippen molar-refractivity contribution in [2.24, 2.45) is 11.8 Å². The normalized spacial score (nSPS) is 39.9. The van der Waals surface area contributed by atoms with Crippen molar-refractivity contribution in [3.63, 3.8) is 0 Å². The van der Waals surface area contributed by atoms with Crippen LogP contribution in [-0.4, -0.2) is 59.1 Å². The van der Waals surface area contributed by atoms with Gasteiger partial charge in [-0.25, -0.2) is 0 Å². The van der Waals surface area contributed by atoms with Crippen molar-refractivity contribution in [2.45, 2.75) is 31.5 Å². The summed E-state index contributed by atoms with van der Waals surface area (Å²) in [5, 5.41) is 9.65. The fourth-order valence-corrected chi connectivity index (χ4v) is 4.04. The molecule has 0 amide bonds. The van der Waals surface area contributed by atoms with E-state index in [1.165, 1.54) is 0 Å². The zero-order chi connectivity index (χ0) is 13.6. The van der Waals surface area contributed by atoms with E-state index in [1.54, 1.807) is 0 Å². The topological polar surface area (TPSA) is 43.8 Å². The van der Waals surface area contributed by atoms with Crippen LogP contribution < -0.4 is 0 Å². The van der Waals surface area contributed by atoms with Gasteiger partial charge in [-0.1, -0.05) is 31.2 Å². The lowest BCUT2D eigenvalue weighted by Gasteiger charge is -2.38. The van der Waals surface area contributed by atoms with Crippen molar-refractivity contribution in [2.75, 3.05) is 20.1 Å². The summed E-state index contributed by atoms with van der Waals surface area (Å²) in [7, 11) is 2.15. The van der Waals surface area contributed by atoms with Gasteiger partial charge in [-0.3, -0.25) is 9.69 Å². The lowest BCUT2D eigenvalue weighted by Crippen LogP contribution is -2.54. The second-order valence-electron chi connectivity index (χ2n) is 6.13. The second-order valence-corrected chi connectivity index (χ2v) is 6.13. The Labute approximate surface area is 114 Å². The lowest BCUT2D eigenvalue weighted by molar-refractivity contribution is -0.146. The first kappa shape index (κ1) is 12.9. The Balaban J connectivity index is 1.81. The molecular weight excluding hydrogens is 240 g/mol. The van der Waals surface area contributed by atoms with Gasteiger partial charge < -0.3 is 10.0 Å². The Hall–Kier alpha value is -1.13. The molecule has 4 nitrogen and oxygen atoms in total. The SMILES string of the molecule is C[C@@H]1C2CN(C)[C@H]1CN2C(C(=O)O)[C@@H]1C=CC=CC1. The number of allylic oxidation sites excluding steroid dienone is 3. The number of rotatable bonds is 3. The number of fused-ring (bicyclic) bond motifs is 2. The molecule has 4 heteroatoms. The molecule has 0 aromatic rings. The maximum atomic E-state index is 11.7. The van der Waals surface area contributed by atoms with E-state index in [1.807, 2.05) is 12.2 Å². The average Bonchev–Trinajstić information content (AvgIpc) is 2.83. The minimum absolute atomic E-state index is 0.111. The number of nitrogens with zero attached hydrogens (tertiary/aromatic N) is 2. The Bertz CT molecular complexity index is 432. The molecule has 2 bridgehead atoms. The molecule has 2 aliphatic heterocycles. The molecule has 19 heavy (non-hydrogen) atoms. The number of hydrogen-bond donors (Lipinski definition) is 1. The molecule has 0 saturated carbocycles. The van der Waals surface area contributed by atoms with Crippen LogP contribution in [0.2, 0.25) is 0 Å². The highest BCUT2D eigenvalue weighted by molar-refractivity contribution is 5.74. The van der Waals surface area contributed by atoms with Crippen LogP contribution in [0.25, 0.3) is 0 Å². The van der Waals surface area contributed by atoms with E-state index >= 15 is 0 Å². The summed E-state index contributed by atoms with van der Waals surface area (Å²) in [5.41, 5.74) is 0. The van der Waals surface area contributed by atoms with Gasteiger partial charge in [0.15, 0.2) is 0 Å². The molecule has 1 N–H and O–H groups in total. The number of carboxylic acid groups (broad SMARTS) is 1. The van der Waals surface area contributed by atoms with Crippen LogP contribution in [0.15, 0.2) is 24.3 Å². The van der Waals surface area contributed by atoms with E-state index < -0.39 is 5.97 Å². The predicted molar refractivity (Wildman–Crippen MR) is 73.9 cm³/mol. The molecule has 0 radical (unpaired) electrons. The van der Waals surface area contributed by atoms with E-state index in [-0.39, 0.29) is 12.0 Å². The molecule has 2 unspecified atom stereocenters. The van der Waals surface area contributed by atoms with Gasteiger partial charge in [0.1, 0.15) is 6.04 Å². The van der Waals surface area contributed by atoms with Gasteiger partial charge in [-0.2, -0.15) is 0 Å². The highest BCUT2D eigenvalue weighted by Crippen LogP contribution is 2.38. The van der Waals surface area contributed by atoms with E-state index in [4.69, 9.17) is 0 Å². The maximum Gasteiger partial charge on any atom is 0.321 e. The average molecular weight is 262 g/mol. The van der Waals surface area contributed by atoms with Crippen LogP contribution >= 0.6 is 0 Å². The number of carboxylic acids is 1. The van der Waals surface area contributed by atoms with E-state index in [9.17, 15) is 9.90 Å². The highest BCUT2D eigenvalue weighted by atomic mass is 16.4. The Morgan fingerprint density at radius 1 is 1.32 bits per heavy atom. The Morgan fingerprint density at radius 3 is 2.58 bits per heavy atom. The van der Waals surface area contributed by atoms with Crippen molar-refractivity contribution in [3.05, 3.63) is 24.3 Å². The van der Waals surface area contributed by atoms with E-state index in [0.717, 1.165) is 19.5 Å². The lowest BCUT2D eigenvalue weighted by atomic mass is 9.90. The molecule has 104 valence electrons. The molecule has 2 fully saturated rings. The van der Waals surface area contributed by atoms with Crippen molar-refractivity contribution < 1.29 is 9.90 Å². The first-order valence-corrected chi connectivity index (χ1v) is 7.11. The summed E-state index contributed by atoms with van der Waals surface area (Å²) in [6, 6.07) is 0.553. The van der Waals surface area contributed by atoms with Crippen LogP contribution in [0.1, 0.15) is 13.3 Å². The van der Waals surface area contributed by atoms with Gasteiger partial charge in [0.05, 0.1) is 0 Å².